The predicted molar refractivity (Wildman–Crippen MR) is 103 cm³/mol. The number of unbranched alkanes of at least 4 members (excludes halogenated alkanes) is 12. The molecule has 0 aromatic heterocycles. The van der Waals surface area contributed by atoms with Crippen LogP contribution < -0.4 is 16.6 Å². The molecule has 0 saturated carbocycles. The van der Waals surface area contributed by atoms with Crippen LogP contribution in [-0.2, 0) is 4.79 Å². The minimum absolute atomic E-state index is 0. The Morgan fingerprint density at radius 2 is 1.25 bits per heavy atom. The first kappa shape index (κ1) is 25.4. The van der Waals surface area contributed by atoms with Crippen molar-refractivity contribution in [3.63, 3.8) is 0 Å². The number of carboxylic acids is 1. The number of rotatable bonds is 18. The highest BCUT2D eigenvalue weighted by molar-refractivity contribution is 5.66. The average Bonchev–Trinajstić information content (AvgIpc) is 2.53. The van der Waals surface area contributed by atoms with Crippen molar-refractivity contribution in [1.82, 2.24) is 11.5 Å². The zero-order chi connectivity index (χ0) is 17.0. The summed E-state index contributed by atoms with van der Waals surface area (Å²) in [5.74, 6) is -1.02. The molecule has 0 aliphatic heterocycles. The molecule has 0 aromatic rings. The Bertz CT molecular complexity index is 281. The van der Waals surface area contributed by atoms with Crippen LogP contribution in [0.15, 0.2) is 12.2 Å². The lowest BCUT2D eigenvalue weighted by Gasteiger charge is -2.05. The van der Waals surface area contributed by atoms with Gasteiger partial charge in [-0.25, -0.2) is 0 Å². The zero-order valence-corrected chi connectivity index (χ0v) is 16.3. The second kappa shape index (κ2) is 22.1. The van der Waals surface area contributed by atoms with E-state index in [0.717, 1.165) is 13.0 Å². The van der Waals surface area contributed by atoms with E-state index < -0.39 is 5.97 Å². The highest BCUT2D eigenvalue weighted by atomic mass is 16.4. The maximum absolute atomic E-state index is 10.2. The molecule has 0 bridgehead atoms. The fourth-order valence-corrected chi connectivity index (χ4v) is 2.69. The van der Waals surface area contributed by atoms with Crippen molar-refractivity contribution < 1.29 is 9.90 Å². The molecule has 0 rings (SSSR count). The van der Waals surface area contributed by atoms with Gasteiger partial charge in [0.2, 0.25) is 0 Å². The first-order chi connectivity index (χ1) is 11.3. The molecule has 0 aromatic carbocycles. The smallest absolute Gasteiger partial charge is 0.0552 e. The van der Waals surface area contributed by atoms with Gasteiger partial charge in [0.05, 0.1) is 5.97 Å². The van der Waals surface area contributed by atoms with E-state index in [-0.39, 0.29) is 12.7 Å². The van der Waals surface area contributed by atoms with Gasteiger partial charge in [-0.15, -0.1) is 0 Å². The fraction of sp³-hybridized carbons (Fsp3) is 0.850. The van der Waals surface area contributed by atoms with Crippen LogP contribution in [0.3, 0.4) is 0 Å². The molecule has 0 heterocycles. The third-order valence-corrected chi connectivity index (χ3v) is 4.13. The number of quaternary nitrogens is 1. The van der Waals surface area contributed by atoms with E-state index in [4.69, 9.17) is 0 Å². The number of carbonyl (C=O) groups excluding carboxylic acids is 1. The second-order valence-corrected chi connectivity index (χ2v) is 6.49. The molecule has 0 fully saturated rings. The Kier molecular flexibility index (Phi) is 23.4. The molecule has 144 valence electrons. The van der Waals surface area contributed by atoms with Crippen LogP contribution in [0.5, 0.6) is 0 Å². The fourth-order valence-electron chi connectivity index (χ4n) is 2.69. The summed E-state index contributed by atoms with van der Waals surface area (Å²) >= 11 is 0. The summed E-state index contributed by atoms with van der Waals surface area (Å²) in [6.45, 7) is 3.03. The molecule has 0 unspecified atom stereocenters. The molecule has 5 N–H and O–H groups in total. The largest absolute Gasteiger partial charge is 0.549 e. The summed E-state index contributed by atoms with van der Waals surface area (Å²) in [5, 5.41) is 13.1. The lowest BCUT2D eigenvalue weighted by molar-refractivity contribution is -0.304. The minimum atomic E-state index is -1.02. The van der Waals surface area contributed by atoms with Gasteiger partial charge < -0.3 is 21.4 Å². The summed E-state index contributed by atoms with van der Waals surface area (Å²) in [4.78, 5) is 10.2. The Labute approximate surface area is 150 Å². The van der Waals surface area contributed by atoms with Crippen LogP contribution in [0.4, 0.5) is 0 Å². The van der Waals surface area contributed by atoms with Gasteiger partial charge in [0.15, 0.2) is 0 Å². The van der Waals surface area contributed by atoms with Crippen LogP contribution in [0.25, 0.3) is 0 Å². The van der Waals surface area contributed by atoms with Crippen LogP contribution in [-0.4, -0.2) is 19.1 Å². The van der Waals surface area contributed by atoms with Gasteiger partial charge in [0.25, 0.3) is 0 Å². The van der Waals surface area contributed by atoms with Crippen molar-refractivity contribution in [3.8, 4) is 0 Å². The molecule has 24 heavy (non-hydrogen) atoms. The molecule has 0 atom stereocenters. The van der Waals surface area contributed by atoms with Crippen molar-refractivity contribution in [3.05, 3.63) is 12.2 Å². The second-order valence-electron chi connectivity index (χ2n) is 6.49. The van der Waals surface area contributed by atoms with Gasteiger partial charge in [-0.1, -0.05) is 76.9 Å². The van der Waals surface area contributed by atoms with Gasteiger partial charge in [-0.2, -0.15) is 0 Å². The lowest BCUT2D eigenvalue weighted by Crippen LogP contribution is -2.34. The number of carboxylic acid groups (broad SMARTS) is 1. The summed E-state index contributed by atoms with van der Waals surface area (Å²) in [6.07, 6.45) is 22.9. The van der Waals surface area contributed by atoms with E-state index in [1.165, 1.54) is 83.5 Å². The van der Waals surface area contributed by atoms with E-state index in [9.17, 15) is 9.90 Å². The molecule has 0 amide bonds. The van der Waals surface area contributed by atoms with E-state index >= 15 is 0 Å². The van der Waals surface area contributed by atoms with Crippen LogP contribution in [0.1, 0.15) is 96.8 Å². The molecular weight excluding hydrogens is 300 g/mol. The third kappa shape index (κ3) is 23.4. The van der Waals surface area contributed by atoms with Crippen molar-refractivity contribution in [2.24, 2.45) is 0 Å². The maximum Gasteiger partial charge on any atom is 0.0552 e. The number of nitrogens with one attached hydrogen (secondary N) is 1. The molecule has 0 radical (unpaired) electrons. The van der Waals surface area contributed by atoms with Crippen molar-refractivity contribution in [1.29, 1.82) is 0 Å². The Balaban J connectivity index is 0. The Hall–Kier alpha value is -0.870. The number of carbonyl (C=O) groups is 1. The predicted octanol–water partition coefficient (Wildman–Crippen LogP) is 4.74. The molecule has 4 nitrogen and oxygen atoms in total. The number of hydrogen-bond acceptors (Lipinski definition) is 3. The van der Waals surface area contributed by atoms with Gasteiger partial charge in [0.1, 0.15) is 0 Å². The summed E-state index contributed by atoms with van der Waals surface area (Å²) in [5.41, 5.74) is 0. The van der Waals surface area contributed by atoms with E-state index in [0.29, 0.717) is 0 Å². The minimum Gasteiger partial charge on any atom is -0.549 e. The normalized spacial score (nSPS) is 10.9. The van der Waals surface area contributed by atoms with Crippen molar-refractivity contribution in [2.75, 3.05) is 13.1 Å². The van der Waals surface area contributed by atoms with E-state index in [2.05, 4.69) is 24.4 Å². The molecule has 4 heteroatoms. The van der Waals surface area contributed by atoms with Crippen LogP contribution >= 0.6 is 0 Å². The van der Waals surface area contributed by atoms with Gasteiger partial charge in [-0.05, 0) is 38.6 Å². The van der Waals surface area contributed by atoms with Gasteiger partial charge in [0, 0.05) is 6.54 Å². The van der Waals surface area contributed by atoms with Crippen LogP contribution in [0.2, 0.25) is 0 Å². The quantitative estimate of drug-likeness (QED) is 0.278. The average molecular weight is 343 g/mol. The van der Waals surface area contributed by atoms with Gasteiger partial charge in [-0.3, -0.25) is 0 Å². The first-order valence-electron chi connectivity index (χ1n) is 9.83. The monoisotopic (exact) mass is 342 g/mol. The number of allylic oxidation sites excluding steroid dienone is 2. The van der Waals surface area contributed by atoms with Gasteiger partial charge >= 0.3 is 0 Å². The highest BCUT2D eigenvalue weighted by Gasteiger charge is 1.92. The molecular formula is C20H42N2O2. The highest BCUT2D eigenvalue weighted by Crippen LogP contribution is 2.09. The first-order valence-corrected chi connectivity index (χ1v) is 9.83. The molecule has 0 spiro atoms. The zero-order valence-electron chi connectivity index (χ0n) is 16.3. The van der Waals surface area contributed by atoms with E-state index in [1.807, 2.05) is 0 Å². The van der Waals surface area contributed by atoms with Crippen LogP contribution in [0, 0.1) is 0 Å². The molecule has 0 aliphatic carbocycles. The Morgan fingerprint density at radius 3 is 1.75 bits per heavy atom. The summed E-state index contributed by atoms with van der Waals surface area (Å²) in [6, 6.07) is 0. The topological polar surface area (TPSA) is 88.7 Å². The molecule has 0 saturated heterocycles. The summed E-state index contributed by atoms with van der Waals surface area (Å²) in [7, 11) is 0. The molecule has 0 aliphatic rings. The number of hydrogen-bond donors (Lipinski definition) is 2. The van der Waals surface area contributed by atoms with E-state index in [1.54, 1.807) is 0 Å². The third-order valence-electron chi connectivity index (χ3n) is 4.13. The number of aliphatic carboxylic acids is 1. The Morgan fingerprint density at radius 1 is 0.792 bits per heavy atom. The SMILES string of the molecule is CCCCCCCC/C=C\CCCCCCCCNCC(=O)[O-].[NH4+]. The van der Waals surface area contributed by atoms with Crippen molar-refractivity contribution >= 4 is 5.97 Å². The maximum atomic E-state index is 10.2. The standard InChI is InChI=1S/C20H39NO2.H3N/c1-2-3-4-5-6-7-8-9-10-11-12-13-14-15-16-17-18-21-19-20(22)23;/h9-10,21H,2-8,11-19H2,1H3,(H,22,23);1H3/b10-9-;. The lowest BCUT2D eigenvalue weighted by atomic mass is 10.1. The summed E-state index contributed by atoms with van der Waals surface area (Å²) < 4.78 is 0. The van der Waals surface area contributed by atoms with Crippen molar-refractivity contribution in [2.45, 2.75) is 96.8 Å².